The quantitative estimate of drug-likeness (QED) is 0.749. The molecule has 0 aliphatic heterocycles. The molecule has 0 bridgehead atoms. The Balaban J connectivity index is 2.71. The van der Waals surface area contributed by atoms with Crippen LogP contribution in [0.4, 0.5) is 0 Å². The zero-order chi connectivity index (χ0) is 15.2. The van der Waals surface area contributed by atoms with Crippen LogP contribution in [0.3, 0.4) is 0 Å². The number of rotatable bonds is 8. The third kappa shape index (κ3) is 4.58. The molecule has 0 radical (unpaired) electrons. The van der Waals surface area contributed by atoms with Gasteiger partial charge in [0.2, 0.25) is 10.0 Å². The number of benzene rings is 1. The topological polar surface area (TPSA) is 49.4 Å². The average Bonchev–Trinajstić information content (AvgIpc) is 2.43. The molecule has 0 aromatic heterocycles. The molecule has 20 heavy (non-hydrogen) atoms. The molecule has 1 rings (SSSR count). The van der Waals surface area contributed by atoms with Gasteiger partial charge in [0.05, 0.1) is 4.90 Å². The minimum Gasteiger partial charge on any atom is -0.316 e. The molecule has 0 aliphatic carbocycles. The Bertz CT molecular complexity index is 495. The molecule has 0 heterocycles. The molecule has 1 aromatic carbocycles. The van der Waals surface area contributed by atoms with E-state index in [9.17, 15) is 8.42 Å². The van der Waals surface area contributed by atoms with Crippen molar-refractivity contribution in [2.24, 2.45) is 0 Å². The normalized spacial score (nSPS) is 12.3. The number of nitrogens with one attached hydrogen (secondary N) is 1. The van der Waals surface area contributed by atoms with E-state index in [1.807, 2.05) is 26.0 Å². The van der Waals surface area contributed by atoms with Crippen molar-refractivity contribution in [2.75, 3.05) is 20.1 Å². The maximum Gasteiger partial charge on any atom is 0.243 e. The monoisotopic (exact) mass is 298 g/mol. The van der Waals surface area contributed by atoms with Crippen molar-refractivity contribution >= 4 is 10.0 Å². The van der Waals surface area contributed by atoms with Crippen LogP contribution in [0, 0.1) is 0 Å². The van der Waals surface area contributed by atoms with Crippen LogP contribution >= 0.6 is 0 Å². The van der Waals surface area contributed by atoms with E-state index in [2.05, 4.69) is 12.2 Å². The Morgan fingerprint density at radius 2 is 1.75 bits per heavy atom. The van der Waals surface area contributed by atoms with Crippen molar-refractivity contribution in [1.82, 2.24) is 9.62 Å². The smallest absolute Gasteiger partial charge is 0.243 e. The molecule has 1 aromatic rings. The lowest BCUT2D eigenvalue weighted by molar-refractivity contribution is 0.410. The predicted octanol–water partition coefficient (Wildman–Crippen LogP) is 2.26. The van der Waals surface area contributed by atoms with Gasteiger partial charge in [-0.1, -0.05) is 19.1 Å². The van der Waals surface area contributed by atoms with Crippen LogP contribution in [0.2, 0.25) is 0 Å². The minimum atomic E-state index is -3.37. The Kier molecular flexibility index (Phi) is 6.65. The lowest BCUT2D eigenvalue weighted by Crippen LogP contribution is -2.33. The van der Waals surface area contributed by atoms with Crippen LogP contribution in [-0.4, -0.2) is 38.9 Å². The van der Waals surface area contributed by atoms with Crippen LogP contribution < -0.4 is 5.32 Å². The summed E-state index contributed by atoms with van der Waals surface area (Å²) in [6, 6.07) is 7.15. The molecule has 0 spiro atoms. The van der Waals surface area contributed by atoms with Crippen molar-refractivity contribution in [1.29, 1.82) is 0 Å². The Labute approximate surface area is 123 Å². The van der Waals surface area contributed by atoms with Crippen LogP contribution in [-0.2, 0) is 16.4 Å². The minimum absolute atomic E-state index is 0.0436. The van der Waals surface area contributed by atoms with Crippen molar-refractivity contribution in [2.45, 2.75) is 44.6 Å². The van der Waals surface area contributed by atoms with Gasteiger partial charge in [-0.2, -0.15) is 4.31 Å². The summed E-state index contributed by atoms with van der Waals surface area (Å²) in [6.07, 6.45) is 2.04. The molecule has 1 N–H and O–H groups in total. The highest BCUT2D eigenvalue weighted by molar-refractivity contribution is 7.89. The predicted molar refractivity (Wildman–Crippen MR) is 83.4 cm³/mol. The van der Waals surface area contributed by atoms with Gasteiger partial charge in [0, 0.05) is 13.1 Å². The fourth-order valence-electron chi connectivity index (χ4n) is 1.81. The molecule has 4 nitrogen and oxygen atoms in total. The second kappa shape index (κ2) is 7.76. The Hall–Kier alpha value is -0.910. The first-order valence-electron chi connectivity index (χ1n) is 7.17. The second-order valence-electron chi connectivity index (χ2n) is 5.26. The third-order valence-corrected chi connectivity index (χ3v) is 5.39. The van der Waals surface area contributed by atoms with E-state index < -0.39 is 10.0 Å². The number of hydrogen-bond donors (Lipinski definition) is 1. The Morgan fingerprint density at radius 3 is 2.25 bits per heavy atom. The number of hydrogen-bond acceptors (Lipinski definition) is 3. The van der Waals surface area contributed by atoms with Gasteiger partial charge >= 0.3 is 0 Å². The molecule has 5 heteroatoms. The zero-order valence-electron chi connectivity index (χ0n) is 12.9. The fourth-order valence-corrected chi connectivity index (χ4v) is 3.17. The van der Waals surface area contributed by atoms with Crippen LogP contribution in [0.5, 0.6) is 0 Å². The second-order valence-corrected chi connectivity index (χ2v) is 7.26. The van der Waals surface area contributed by atoms with Crippen molar-refractivity contribution in [3.05, 3.63) is 29.8 Å². The van der Waals surface area contributed by atoms with Crippen molar-refractivity contribution < 1.29 is 8.42 Å². The first-order chi connectivity index (χ1) is 9.39. The van der Waals surface area contributed by atoms with Gasteiger partial charge in [-0.05, 0) is 57.5 Å². The van der Waals surface area contributed by atoms with Crippen molar-refractivity contribution in [3.63, 3.8) is 0 Å². The van der Waals surface area contributed by atoms with Crippen LogP contribution in [0.15, 0.2) is 29.2 Å². The fraction of sp³-hybridized carbons (Fsp3) is 0.600. The van der Waals surface area contributed by atoms with Crippen molar-refractivity contribution in [3.8, 4) is 0 Å². The first kappa shape index (κ1) is 17.1. The highest BCUT2D eigenvalue weighted by atomic mass is 32.2. The summed E-state index contributed by atoms with van der Waals surface area (Å²) in [7, 11) is -1.75. The molecule has 0 unspecified atom stereocenters. The molecule has 0 atom stereocenters. The van der Waals surface area contributed by atoms with E-state index in [-0.39, 0.29) is 6.04 Å². The van der Waals surface area contributed by atoms with E-state index in [1.165, 1.54) is 4.31 Å². The van der Waals surface area contributed by atoms with E-state index in [0.29, 0.717) is 4.90 Å². The first-order valence-corrected chi connectivity index (χ1v) is 8.61. The largest absolute Gasteiger partial charge is 0.316 e. The molecular weight excluding hydrogens is 272 g/mol. The highest BCUT2D eigenvalue weighted by Crippen LogP contribution is 2.17. The zero-order valence-corrected chi connectivity index (χ0v) is 13.7. The summed E-state index contributed by atoms with van der Waals surface area (Å²) >= 11 is 0. The maximum absolute atomic E-state index is 12.3. The van der Waals surface area contributed by atoms with Gasteiger partial charge in [-0.25, -0.2) is 8.42 Å². The lowest BCUT2D eigenvalue weighted by atomic mass is 10.1. The van der Waals surface area contributed by atoms with Gasteiger partial charge in [-0.3, -0.25) is 0 Å². The third-order valence-electron chi connectivity index (χ3n) is 3.34. The molecule has 0 amide bonds. The highest BCUT2D eigenvalue weighted by Gasteiger charge is 2.22. The van der Waals surface area contributed by atoms with Gasteiger partial charge in [-0.15, -0.1) is 0 Å². The van der Waals surface area contributed by atoms with Gasteiger partial charge < -0.3 is 5.32 Å². The number of sulfonamides is 1. The molecule has 0 saturated carbocycles. The summed E-state index contributed by atoms with van der Waals surface area (Å²) < 4.78 is 26.0. The molecular formula is C15H26N2O2S. The summed E-state index contributed by atoms with van der Waals surface area (Å²) in [5.74, 6) is 0. The summed E-state index contributed by atoms with van der Waals surface area (Å²) in [6.45, 7) is 7.81. The van der Waals surface area contributed by atoms with E-state index in [4.69, 9.17) is 0 Å². The average molecular weight is 298 g/mol. The maximum atomic E-state index is 12.3. The van der Waals surface area contributed by atoms with Gasteiger partial charge in [0.1, 0.15) is 0 Å². The standard InChI is InChI=1S/C15H26N2O2S/c1-5-11-16-12-10-14-6-8-15(9-7-14)20(18,19)17(4)13(2)3/h6-9,13,16H,5,10-12H2,1-4H3. The molecule has 0 saturated heterocycles. The molecule has 114 valence electrons. The molecule has 0 aliphatic rings. The summed E-state index contributed by atoms with van der Waals surface area (Å²) in [5, 5.41) is 3.34. The van der Waals surface area contributed by atoms with Crippen LogP contribution in [0.1, 0.15) is 32.8 Å². The Morgan fingerprint density at radius 1 is 1.15 bits per heavy atom. The SMILES string of the molecule is CCCNCCc1ccc(S(=O)(=O)N(C)C(C)C)cc1. The van der Waals surface area contributed by atoms with Gasteiger partial charge in [0.15, 0.2) is 0 Å². The lowest BCUT2D eigenvalue weighted by Gasteiger charge is -2.21. The summed E-state index contributed by atoms with van der Waals surface area (Å²) in [5.41, 5.74) is 1.15. The van der Waals surface area contributed by atoms with E-state index in [1.54, 1.807) is 19.2 Å². The molecule has 0 fully saturated rings. The number of nitrogens with zero attached hydrogens (tertiary/aromatic N) is 1. The van der Waals surface area contributed by atoms with Crippen LogP contribution in [0.25, 0.3) is 0 Å². The van der Waals surface area contributed by atoms with E-state index >= 15 is 0 Å². The van der Waals surface area contributed by atoms with E-state index in [0.717, 1.165) is 31.5 Å². The summed E-state index contributed by atoms with van der Waals surface area (Å²) in [4.78, 5) is 0.360. The van der Waals surface area contributed by atoms with Gasteiger partial charge in [0.25, 0.3) is 0 Å².